The van der Waals surface area contributed by atoms with Crippen molar-refractivity contribution in [2.75, 3.05) is 10.9 Å². The second-order valence-corrected chi connectivity index (χ2v) is 10.5. The van der Waals surface area contributed by atoms with Crippen molar-refractivity contribution in [3.63, 3.8) is 0 Å². The zero-order chi connectivity index (χ0) is 25.3. The number of hydrogen-bond donors (Lipinski definition) is 0. The van der Waals surface area contributed by atoms with E-state index in [1.54, 1.807) is 50.2 Å². The predicted molar refractivity (Wildman–Crippen MR) is 136 cm³/mol. The highest BCUT2D eigenvalue weighted by Crippen LogP contribution is 2.33. The summed E-state index contributed by atoms with van der Waals surface area (Å²) < 4.78 is 39.8. The maximum absolute atomic E-state index is 13.8. The van der Waals surface area contributed by atoms with Crippen molar-refractivity contribution in [2.45, 2.75) is 25.7 Å². The van der Waals surface area contributed by atoms with E-state index in [1.807, 2.05) is 6.92 Å². The summed E-state index contributed by atoms with van der Waals surface area (Å²) >= 11 is 3.30. The fourth-order valence-corrected chi connectivity index (χ4v) is 5.35. The zero-order valence-corrected chi connectivity index (χ0v) is 21.6. The van der Waals surface area contributed by atoms with Crippen molar-refractivity contribution >= 4 is 54.5 Å². The molecule has 0 unspecified atom stereocenters. The van der Waals surface area contributed by atoms with E-state index in [0.29, 0.717) is 21.2 Å². The molecule has 0 spiro atoms. The molecule has 3 aromatic carbocycles. The van der Waals surface area contributed by atoms with Gasteiger partial charge >= 0.3 is 5.97 Å². The van der Waals surface area contributed by atoms with Crippen molar-refractivity contribution < 1.29 is 27.2 Å². The first-order chi connectivity index (χ1) is 16.6. The maximum atomic E-state index is 13.8. The van der Waals surface area contributed by atoms with Crippen molar-refractivity contribution in [2.24, 2.45) is 0 Å². The van der Waals surface area contributed by atoms with Crippen LogP contribution < -0.4 is 4.31 Å². The molecule has 4 rings (SSSR count). The Morgan fingerprint density at radius 3 is 2.26 bits per heavy atom. The van der Waals surface area contributed by atoms with Gasteiger partial charge in [0, 0.05) is 15.4 Å². The average Bonchev–Trinajstić information content (AvgIpc) is 3.15. The lowest BCUT2D eigenvalue weighted by Crippen LogP contribution is -2.37. The summed E-state index contributed by atoms with van der Waals surface area (Å²) in [6.07, 6.45) is 0. The van der Waals surface area contributed by atoms with Gasteiger partial charge in [-0.25, -0.2) is 13.2 Å². The van der Waals surface area contributed by atoms with Crippen molar-refractivity contribution in [1.29, 1.82) is 0 Å². The summed E-state index contributed by atoms with van der Waals surface area (Å²) in [5.41, 5.74) is 1.76. The Balaban J connectivity index is 1.93. The van der Waals surface area contributed by atoms with E-state index in [4.69, 9.17) is 9.15 Å². The number of esters is 1. The standard InChI is InChI=1S/C26H22BrNO6S/c1-4-33-26(30)24-17(3)34-23-14-11-20(15-22(23)24)28(25(29)18-7-5-16(2)6-8-18)35(31,32)21-12-9-19(27)10-13-21/h5-15H,4H2,1-3H3. The summed E-state index contributed by atoms with van der Waals surface area (Å²) in [5.74, 6) is -0.985. The summed E-state index contributed by atoms with van der Waals surface area (Å²) in [4.78, 5) is 26.1. The lowest BCUT2D eigenvalue weighted by Gasteiger charge is -2.23. The monoisotopic (exact) mass is 555 g/mol. The molecule has 35 heavy (non-hydrogen) atoms. The molecule has 180 valence electrons. The molecule has 1 amide bonds. The van der Waals surface area contributed by atoms with E-state index in [1.165, 1.54) is 30.3 Å². The Hall–Kier alpha value is -3.43. The van der Waals surface area contributed by atoms with Gasteiger partial charge < -0.3 is 9.15 Å². The summed E-state index contributed by atoms with van der Waals surface area (Å²) in [7, 11) is -4.32. The van der Waals surface area contributed by atoms with Gasteiger partial charge in [0.15, 0.2) is 0 Å². The van der Waals surface area contributed by atoms with E-state index in [9.17, 15) is 18.0 Å². The largest absolute Gasteiger partial charge is 0.462 e. The Morgan fingerprint density at radius 1 is 0.971 bits per heavy atom. The lowest BCUT2D eigenvalue weighted by molar-refractivity contribution is 0.0526. The van der Waals surface area contributed by atoms with Crippen LogP contribution in [0, 0.1) is 13.8 Å². The van der Waals surface area contributed by atoms with Gasteiger partial charge in [0.1, 0.15) is 16.9 Å². The fraction of sp³-hybridized carbons (Fsp3) is 0.154. The molecule has 0 aliphatic heterocycles. The topological polar surface area (TPSA) is 93.9 Å². The molecule has 9 heteroatoms. The summed E-state index contributed by atoms with van der Waals surface area (Å²) in [6.45, 7) is 5.35. The minimum atomic E-state index is -4.32. The Morgan fingerprint density at radius 2 is 1.63 bits per heavy atom. The molecular formula is C26H22BrNO6S. The number of rotatable bonds is 6. The molecule has 0 saturated carbocycles. The molecule has 0 aliphatic carbocycles. The van der Waals surface area contributed by atoms with Crippen LogP contribution in [0.1, 0.15) is 39.0 Å². The average molecular weight is 556 g/mol. The number of furan rings is 1. The lowest BCUT2D eigenvalue weighted by atomic mass is 10.1. The van der Waals surface area contributed by atoms with Gasteiger partial charge in [-0.2, -0.15) is 4.31 Å². The number of halogens is 1. The Labute approximate surface area is 211 Å². The minimum Gasteiger partial charge on any atom is -0.462 e. The van der Waals surface area contributed by atoms with Crippen LogP contribution in [0.4, 0.5) is 5.69 Å². The molecular weight excluding hydrogens is 534 g/mol. The highest BCUT2D eigenvalue weighted by Gasteiger charge is 2.33. The second kappa shape index (κ2) is 9.67. The van der Waals surface area contributed by atoms with E-state index in [-0.39, 0.29) is 28.3 Å². The van der Waals surface area contributed by atoms with Gasteiger partial charge in [0.25, 0.3) is 15.9 Å². The van der Waals surface area contributed by atoms with E-state index in [0.717, 1.165) is 9.87 Å². The van der Waals surface area contributed by atoms with Crippen molar-refractivity contribution in [1.82, 2.24) is 0 Å². The number of anilines is 1. The first-order valence-corrected chi connectivity index (χ1v) is 13.0. The van der Waals surface area contributed by atoms with Crippen LogP contribution in [-0.2, 0) is 14.8 Å². The zero-order valence-electron chi connectivity index (χ0n) is 19.2. The van der Waals surface area contributed by atoms with Gasteiger partial charge in [-0.05, 0) is 75.4 Å². The number of nitrogens with zero attached hydrogens (tertiary/aromatic N) is 1. The number of ether oxygens (including phenoxy) is 1. The van der Waals surface area contributed by atoms with Gasteiger partial charge in [0.2, 0.25) is 0 Å². The quantitative estimate of drug-likeness (QED) is 0.270. The highest BCUT2D eigenvalue weighted by molar-refractivity contribution is 9.10. The molecule has 0 N–H and O–H groups in total. The van der Waals surface area contributed by atoms with Gasteiger partial charge in [-0.1, -0.05) is 33.6 Å². The van der Waals surface area contributed by atoms with Gasteiger partial charge in [0.05, 0.1) is 17.2 Å². The van der Waals surface area contributed by atoms with Crippen LogP contribution in [0.15, 0.2) is 80.5 Å². The van der Waals surface area contributed by atoms with Gasteiger partial charge in [-0.15, -0.1) is 0 Å². The number of carbonyl (C=O) groups excluding carboxylic acids is 2. The first kappa shape index (κ1) is 24.7. The molecule has 0 fully saturated rings. The summed E-state index contributed by atoms with van der Waals surface area (Å²) in [5, 5.41) is 0.353. The number of benzene rings is 3. The molecule has 7 nitrogen and oxygen atoms in total. The number of amides is 1. The second-order valence-electron chi connectivity index (χ2n) is 7.83. The molecule has 0 bridgehead atoms. The van der Waals surface area contributed by atoms with Crippen LogP contribution in [0.3, 0.4) is 0 Å². The van der Waals surface area contributed by atoms with Crippen LogP contribution in [-0.4, -0.2) is 26.9 Å². The van der Waals surface area contributed by atoms with E-state index < -0.39 is 21.9 Å². The third kappa shape index (κ3) is 4.74. The molecule has 1 aromatic heterocycles. The predicted octanol–water partition coefficient (Wildman–Crippen LogP) is 6.02. The van der Waals surface area contributed by atoms with Crippen molar-refractivity contribution in [3.8, 4) is 0 Å². The van der Waals surface area contributed by atoms with Crippen LogP contribution in [0.25, 0.3) is 11.0 Å². The molecule has 0 aliphatic rings. The maximum Gasteiger partial charge on any atom is 0.342 e. The van der Waals surface area contributed by atoms with Crippen LogP contribution >= 0.6 is 15.9 Å². The van der Waals surface area contributed by atoms with Gasteiger partial charge in [-0.3, -0.25) is 4.79 Å². The molecule has 0 radical (unpaired) electrons. The number of fused-ring (bicyclic) bond motifs is 1. The molecule has 0 atom stereocenters. The number of aryl methyl sites for hydroxylation is 2. The van der Waals surface area contributed by atoms with Crippen molar-refractivity contribution in [3.05, 3.63) is 93.7 Å². The summed E-state index contributed by atoms with van der Waals surface area (Å²) in [6, 6.07) is 17.1. The Bertz CT molecular complexity index is 1520. The van der Waals surface area contributed by atoms with Crippen LogP contribution in [0.2, 0.25) is 0 Å². The third-order valence-corrected chi connectivity index (χ3v) is 7.65. The minimum absolute atomic E-state index is 0.0600. The number of hydrogen-bond acceptors (Lipinski definition) is 6. The number of sulfonamides is 1. The van der Waals surface area contributed by atoms with E-state index in [2.05, 4.69) is 15.9 Å². The van der Waals surface area contributed by atoms with E-state index >= 15 is 0 Å². The number of carbonyl (C=O) groups is 2. The molecule has 0 saturated heterocycles. The smallest absolute Gasteiger partial charge is 0.342 e. The Kier molecular flexibility index (Phi) is 6.82. The first-order valence-electron chi connectivity index (χ1n) is 10.8. The normalized spacial score (nSPS) is 11.4. The highest BCUT2D eigenvalue weighted by atomic mass is 79.9. The molecule has 4 aromatic rings. The third-order valence-electron chi connectivity index (χ3n) is 5.40. The SMILES string of the molecule is CCOC(=O)c1c(C)oc2ccc(N(C(=O)c3ccc(C)cc3)S(=O)(=O)c3ccc(Br)cc3)cc12. The molecule has 1 heterocycles. The fourth-order valence-electron chi connectivity index (χ4n) is 3.68. The van der Waals surface area contributed by atoms with Crippen LogP contribution in [0.5, 0.6) is 0 Å².